The highest BCUT2D eigenvalue weighted by Gasteiger charge is 2.15. The zero-order valence-corrected chi connectivity index (χ0v) is 18.2. The van der Waals surface area contributed by atoms with Gasteiger partial charge in [0.1, 0.15) is 16.9 Å². The quantitative estimate of drug-likeness (QED) is 0.215. The van der Waals surface area contributed by atoms with E-state index in [2.05, 4.69) is 0 Å². The minimum atomic E-state index is -0.116. The second kappa shape index (κ2) is 9.72. The van der Waals surface area contributed by atoms with Crippen molar-refractivity contribution in [2.45, 2.75) is 0 Å². The summed E-state index contributed by atoms with van der Waals surface area (Å²) < 4.78 is 32.7. The van der Waals surface area contributed by atoms with E-state index in [4.69, 9.17) is 28.1 Å². The van der Waals surface area contributed by atoms with E-state index in [-0.39, 0.29) is 12.2 Å². The fraction of sp³-hybridized carbons (Fsp3) is 0.240. The second-order valence-electron chi connectivity index (χ2n) is 7.00. The molecule has 0 aliphatic heterocycles. The van der Waals surface area contributed by atoms with Crippen molar-refractivity contribution < 1.29 is 28.1 Å². The average molecular weight is 436 g/mol. The number of hydrogen-bond acceptors (Lipinski definition) is 7. The van der Waals surface area contributed by atoms with Gasteiger partial charge in [-0.1, -0.05) is 18.2 Å². The van der Waals surface area contributed by atoms with E-state index in [1.807, 2.05) is 30.3 Å². The number of fused-ring (bicyclic) bond motifs is 2. The summed E-state index contributed by atoms with van der Waals surface area (Å²) in [6.07, 6.45) is 0. The first kappa shape index (κ1) is 21.7. The predicted molar refractivity (Wildman–Crippen MR) is 122 cm³/mol. The van der Waals surface area contributed by atoms with Crippen LogP contribution >= 0.6 is 0 Å². The van der Waals surface area contributed by atoms with Gasteiger partial charge in [-0.05, 0) is 41.5 Å². The summed E-state index contributed by atoms with van der Waals surface area (Å²) in [5.74, 6) is 1.75. The Bertz CT molecular complexity index is 1290. The molecule has 0 saturated carbocycles. The van der Waals surface area contributed by atoms with Gasteiger partial charge in [0.05, 0.1) is 38.2 Å². The molecule has 0 atom stereocenters. The second-order valence-corrected chi connectivity index (χ2v) is 7.00. The largest absolute Gasteiger partial charge is 0.493 e. The normalized spacial score (nSPS) is 11.1. The monoisotopic (exact) mass is 436 g/mol. The minimum Gasteiger partial charge on any atom is -0.493 e. The highest BCUT2D eigenvalue weighted by molar-refractivity contribution is 5.99. The van der Waals surface area contributed by atoms with Gasteiger partial charge in [0.15, 0.2) is 18.3 Å². The lowest BCUT2D eigenvalue weighted by Crippen LogP contribution is -2.08. The van der Waals surface area contributed by atoms with Gasteiger partial charge < -0.3 is 28.1 Å². The van der Waals surface area contributed by atoms with Gasteiger partial charge in [-0.25, -0.2) is 0 Å². The molecule has 0 radical (unpaired) electrons. The molecule has 0 N–H and O–H groups in total. The van der Waals surface area contributed by atoms with Crippen molar-refractivity contribution in [1.29, 1.82) is 0 Å². The van der Waals surface area contributed by atoms with E-state index >= 15 is 0 Å². The van der Waals surface area contributed by atoms with Gasteiger partial charge in [0.25, 0.3) is 0 Å². The number of benzene rings is 3. The fourth-order valence-corrected chi connectivity index (χ4v) is 3.52. The average Bonchev–Trinajstić information content (AvgIpc) is 2.83. The van der Waals surface area contributed by atoms with Crippen molar-refractivity contribution in [3.05, 3.63) is 64.8 Å². The van der Waals surface area contributed by atoms with Crippen LogP contribution in [-0.2, 0) is 9.47 Å². The summed E-state index contributed by atoms with van der Waals surface area (Å²) in [5.41, 5.74) is 2.40. The highest BCUT2D eigenvalue weighted by atomic mass is 16.7. The molecule has 0 aliphatic rings. The topological polar surface area (TPSA) is 76.4 Å². The Morgan fingerprint density at radius 2 is 1.69 bits per heavy atom. The Labute approximate surface area is 185 Å². The number of rotatable bonds is 9. The molecule has 0 unspecified atom stereocenters. The SMILES string of the molecule is COCCOCOc1ccc2c(=O)c3c(-c4ccc(OC)c(OC)c4)cccc3oc2c1. The number of methoxy groups -OCH3 is 3. The lowest BCUT2D eigenvalue weighted by molar-refractivity contribution is -0.00843. The first-order chi connectivity index (χ1) is 15.7. The van der Waals surface area contributed by atoms with Crippen molar-refractivity contribution in [2.24, 2.45) is 0 Å². The van der Waals surface area contributed by atoms with Crippen LogP contribution in [0, 0.1) is 0 Å². The summed E-state index contributed by atoms with van der Waals surface area (Å²) in [6.45, 7) is 1.00. The molecule has 4 rings (SSSR count). The van der Waals surface area contributed by atoms with Gasteiger partial charge in [-0.15, -0.1) is 0 Å². The molecule has 0 spiro atoms. The summed E-state index contributed by atoms with van der Waals surface area (Å²) in [5, 5.41) is 0.974. The Morgan fingerprint density at radius 3 is 2.47 bits per heavy atom. The lowest BCUT2D eigenvalue weighted by atomic mass is 9.99. The molecule has 0 aliphatic carbocycles. The van der Waals surface area contributed by atoms with Gasteiger partial charge >= 0.3 is 0 Å². The number of hydrogen-bond donors (Lipinski definition) is 0. The summed E-state index contributed by atoms with van der Waals surface area (Å²) in [4.78, 5) is 13.4. The molecule has 166 valence electrons. The van der Waals surface area contributed by atoms with Crippen LogP contribution in [0.2, 0.25) is 0 Å². The maximum atomic E-state index is 13.4. The molecule has 0 fully saturated rings. The van der Waals surface area contributed by atoms with Crippen molar-refractivity contribution in [1.82, 2.24) is 0 Å². The van der Waals surface area contributed by atoms with Gasteiger partial charge in [0.2, 0.25) is 5.43 Å². The van der Waals surface area contributed by atoms with Crippen LogP contribution in [0.25, 0.3) is 33.1 Å². The summed E-state index contributed by atoms with van der Waals surface area (Å²) in [7, 11) is 4.77. The molecule has 0 bridgehead atoms. The molecule has 0 saturated heterocycles. The van der Waals surface area contributed by atoms with E-state index in [9.17, 15) is 4.79 Å². The Balaban J connectivity index is 1.75. The molecule has 1 aromatic heterocycles. The van der Waals surface area contributed by atoms with Crippen molar-refractivity contribution in [3.8, 4) is 28.4 Å². The van der Waals surface area contributed by atoms with Crippen LogP contribution in [0.5, 0.6) is 17.2 Å². The van der Waals surface area contributed by atoms with Gasteiger partial charge in [0, 0.05) is 13.2 Å². The molecule has 7 nitrogen and oxygen atoms in total. The van der Waals surface area contributed by atoms with Crippen LogP contribution in [0.3, 0.4) is 0 Å². The van der Waals surface area contributed by atoms with E-state index in [1.165, 1.54) is 0 Å². The third-order valence-electron chi connectivity index (χ3n) is 5.11. The summed E-state index contributed by atoms with van der Waals surface area (Å²) >= 11 is 0. The van der Waals surface area contributed by atoms with Crippen LogP contribution in [0.4, 0.5) is 0 Å². The maximum Gasteiger partial charge on any atom is 0.201 e. The summed E-state index contributed by atoms with van der Waals surface area (Å²) in [6, 6.07) is 16.2. The Kier molecular flexibility index (Phi) is 6.58. The van der Waals surface area contributed by atoms with Crippen LogP contribution in [0.1, 0.15) is 0 Å². The molecular formula is C25H24O7. The smallest absolute Gasteiger partial charge is 0.201 e. The Morgan fingerprint density at radius 1 is 0.844 bits per heavy atom. The fourth-order valence-electron chi connectivity index (χ4n) is 3.52. The van der Waals surface area contributed by atoms with Crippen molar-refractivity contribution in [2.75, 3.05) is 41.3 Å². The van der Waals surface area contributed by atoms with E-state index in [1.54, 1.807) is 45.6 Å². The highest BCUT2D eigenvalue weighted by Crippen LogP contribution is 2.35. The Hall–Kier alpha value is -3.55. The first-order valence-corrected chi connectivity index (χ1v) is 10.1. The van der Waals surface area contributed by atoms with Crippen LogP contribution in [-0.4, -0.2) is 41.3 Å². The molecule has 4 aromatic rings. The zero-order chi connectivity index (χ0) is 22.5. The van der Waals surface area contributed by atoms with Gasteiger partial charge in [-0.3, -0.25) is 4.79 Å². The number of ether oxygens (including phenoxy) is 5. The zero-order valence-electron chi connectivity index (χ0n) is 18.2. The van der Waals surface area contributed by atoms with E-state index in [0.717, 1.165) is 11.1 Å². The van der Waals surface area contributed by atoms with Crippen LogP contribution in [0.15, 0.2) is 63.8 Å². The molecule has 3 aromatic carbocycles. The standard InChI is InChI=1S/C25H24O7/c1-27-11-12-30-15-31-17-8-9-19-22(14-17)32-21-6-4-5-18(24(21)25(19)26)16-7-10-20(28-2)23(13-16)29-3/h4-10,13-14H,11-12,15H2,1-3H3. The minimum absolute atomic E-state index is 0.0795. The van der Waals surface area contributed by atoms with Crippen molar-refractivity contribution in [3.63, 3.8) is 0 Å². The van der Waals surface area contributed by atoms with Crippen molar-refractivity contribution >= 4 is 21.9 Å². The van der Waals surface area contributed by atoms with E-state index in [0.29, 0.717) is 52.4 Å². The third-order valence-corrected chi connectivity index (χ3v) is 5.11. The molecular weight excluding hydrogens is 412 g/mol. The molecule has 7 heteroatoms. The third kappa shape index (κ3) is 4.26. The maximum absolute atomic E-state index is 13.4. The van der Waals surface area contributed by atoms with Crippen LogP contribution < -0.4 is 19.6 Å². The molecule has 32 heavy (non-hydrogen) atoms. The molecule has 0 amide bonds. The first-order valence-electron chi connectivity index (χ1n) is 10.1. The van der Waals surface area contributed by atoms with E-state index < -0.39 is 0 Å². The molecule has 1 heterocycles. The lowest BCUT2D eigenvalue weighted by Gasteiger charge is -2.12. The van der Waals surface area contributed by atoms with Gasteiger partial charge in [-0.2, -0.15) is 0 Å². The predicted octanol–water partition coefficient (Wildman–Crippen LogP) is 4.63.